The fourth-order valence-electron chi connectivity index (χ4n) is 3.05. The van der Waals surface area contributed by atoms with Crippen molar-refractivity contribution in [2.75, 3.05) is 0 Å². The highest BCUT2D eigenvalue weighted by atomic mass is 32.2. The SMILES string of the molecule is C=CCn1c(COc2ccc(C)cc2C)nnc1SCc1cc(=O)n2ccsc2n1. The number of hydrogen-bond acceptors (Lipinski definition) is 7. The van der Waals surface area contributed by atoms with Crippen LogP contribution < -0.4 is 10.3 Å². The molecule has 0 unspecified atom stereocenters. The number of benzene rings is 1. The maximum Gasteiger partial charge on any atom is 0.258 e. The smallest absolute Gasteiger partial charge is 0.258 e. The molecular formula is C21H21N5O2S2. The van der Waals surface area contributed by atoms with Crippen LogP contribution in [-0.2, 0) is 18.9 Å². The molecule has 154 valence electrons. The van der Waals surface area contributed by atoms with Gasteiger partial charge in [0, 0.05) is 29.9 Å². The summed E-state index contributed by atoms with van der Waals surface area (Å²) >= 11 is 2.93. The average molecular weight is 440 g/mol. The van der Waals surface area contributed by atoms with Crippen molar-refractivity contribution in [1.82, 2.24) is 24.1 Å². The monoisotopic (exact) mass is 439 g/mol. The van der Waals surface area contributed by atoms with Gasteiger partial charge >= 0.3 is 0 Å². The van der Waals surface area contributed by atoms with Gasteiger partial charge in [-0.05, 0) is 25.5 Å². The van der Waals surface area contributed by atoms with Crippen molar-refractivity contribution < 1.29 is 4.74 Å². The van der Waals surface area contributed by atoms with E-state index in [2.05, 4.69) is 34.8 Å². The summed E-state index contributed by atoms with van der Waals surface area (Å²) in [6.45, 7) is 8.80. The predicted octanol–water partition coefficient (Wildman–Crippen LogP) is 4.02. The van der Waals surface area contributed by atoms with Gasteiger partial charge in [-0.3, -0.25) is 13.8 Å². The Labute approximate surface area is 182 Å². The lowest BCUT2D eigenvalue weighted by molar-refractivity contribution is 0.287. The van der Waals surface area contributed by atoms with E-state index >= 15 is 0 Å². The topological polar surface area (TPSA) is 74.3 Å². The summed E-state index contributed by atoms with van der Waals surface area (Å²) in [5.74, 6) is 2.08. The molecule has 3 heterocycles. The Balaban J connectivity index is 1.50. The summed E-state index contributed by atoms with van der Waals surface area (Å²) in [6, 6.07) is 7.65. The summed E-state index contributed by atoms with van der Waals surface area (Å²) in [4.78, 5) is 17.4. The van der Waals surface area contributed by atoms with Gasteiger partial charge < -0.3 is 4.74 Å². The molecule has 9 heteroatoms. The van der Waals surface area contributed by atoms with Crippen LogP contribution in [-0.4, -0.2) is 24.1 Å². The molecule has 0 N–H and O–H groups in total. The van der Waals surface area contributed by atoms with Crippen molar-refractivity contribution in [2.45, 2.75) is 37.9 Å². The first-order chi connectivity index (χ1) is 14.5. The van der Waals surface area contributed by atoms with Crippen LogP contribution in [0.1, 0.15) is 22.6 Å². The van der Waals surface area contributed by atoms with Crippen LogP contribution in [0.2, 0.25) is 0 Å². The van der Waals surface area contributed by atoms with E-state index in [1.165, 1.54) is 28.7 Å². The van der Waals surface area contributed by atoms with Gasteiger partial charge in [-0.15, -0.1) is 28.1 Å². The molecule has 1 aromatic carbocycles. The molecule has 0 fully saturated rings. The number of hydrogen-bond donors (Lipinski definition) is 0. The minimum absolute atomic E-state index is 0.0769. The molecule has 7 nitrogen and oxygen atoms in total. The quantitative estimate of drug-likeness (QED) is 0.305. The molecule has 3 aromatic heterocycles. The Morgan fingerprint density at radius 3 is 2.93 bits per heavy atom. The second-order valence-electron chi connectivity index (χ2n) is 6.79. The molecule has 0 amide bonds. The van der Waals surface area contributed by atoms with Crippen molar-refractivity contribution in [2.24, 2.45) is 0 Å². The highest BCUT2D eigenvalue weighted by molar-refractivity contribution is 7.98. The maximum atomic E-state index is 12.2. The Morgan fingerprint density at radius 2 is 2.13 bits per heavy atom. The fourth-order valence-corrected chi connectivity index (χ4v) is 4.65. The molecule has 0 saturated heterocycles. The highest BCUT2D eigenvalue weighted by Gasteiger charge is 2.14. The summed E-state index contributed by atoms with van der Waals surface area (Å²) in [5.41, 5.74) is 2.92. The van der Waals surface area contributed by atoms with Crippen LogP contribution in [0, 0.1) is 13.8 Å². The zero-order chi connectivity index (χ0) is 21.1. The van der Waals surface area contributed by atoms with Crippen LogP contribution in [0.15, 0.2) is 58.4 Å². The number of aryl methyl sites for hydroxylation is 2. The minimum Gasteiger partial charge on any atom is -0.485 e. The van der Waals surface area contributed by atoms with Crippen LogP contribution in [0.3, 0.4) is 0 Å². The van der Waals surface area contributed by atoms with Gasteiger partial charge in [0.05, 0.1) is 5.69 Å². The average Bonchev–Trinajstić information content (AvgIpc) is 3.34. The van der Waals surface area contributed by atoms with Crippen LogP contribution in [0.25, 0.3) is 4.96 Å². The molecule has 0 aliphatic rings. The number of fused-ring (bicyclic) bond motifs is 1. The third-order valence-electron chi connectivity index (χ3n) is 4.50. The summed E-state index contributed by atoms with van der Waals surface area (Å²) in [7, 11) is 0. The Kier molecular flexibility index (Phi) is 6.01. The van der Waals surface area contributed by atoms with Crippen molar-refractivity contribution >= 4 is 28.1 Å². The van der Waals surface area contributed by atoms with Gasteiger partial charge in [-0.1, -0.05) is 35.5 Å². The Morgan fingerprint density at radius 1 is 1.27 bits per heavy atom. The fraction of sp³-hybridized carbons (Fsp3) is 0.238. The third kappa shape index (κ3) is 4.31. The van der Waals surface area contributed by atoms with E-state index in [4.69, 9.17) is 4.74 Å². The lowest BCUT2D eigenvalue weighted by atomic mass is 10.1. The molecule has 0 aliphatic carbocycles. The first-order valence-electron chi connectivity index (χ1n) is 9.37. The number of rotatable bonds is 8. The van der Waals surface area contributed by atoms with Crippen molar-refractivity contribution in [3.63, 3.8) is 0 Å². The first-order valence-corrected chi connectivity index (χ1v) is 11.2. The van der Waals surface area contributed by atoms with Gasteiger partial charge in [-0.25, -0.2) is 4.98 Å². The molecular weight excluding hydrogens is 418 g/mol. The molecule has 0 bridgehead atoms. The van der Waals surface area contributed by atoms with E-state index in [9.17, 15) is 4.79 Å². The molecule has 0 aliphatic heterocycles. The number of nitrogens with zero attached hydrogens (tertiary/aromatic N) is 5. The molecule has 0 spiro atoms. The van der Waals surface area contributed by atoms with E-state index in [0.717, 1.165) is 22.3 Å². The van der Waals surface area contributed by atoms with Gasteiger partial charge in [0.1, 0.15) is 12.4 Å². The second kappa shape index (κ2) is 8.85. The predicted molar refractivity (Wildman–Crippen MR) is 119 cm³/mol. The zero-order valence-electron chi connectivity index (χ0n) is 16.7. The van der Waals surface area contributed by atoms with Crippen molar-refractivity contribution in [3.05, 3.63) is 81.5 Å². The number of ether oxygens (including phenoxy) is 1. The van der Waals surface area contributed by atoms with Gasteiger partial charge in [0.25, 0.3) is 5.56 Å². The number of aromatic nitrogens is 5. The van der Waals surface area contributed by atoms with Crippen LogP contribution in [0.5, 0.6) is 5.75 Å². The molecule has 0 saturated carbocycles. The molecule has 30 heavy (non-hydrogen) atoms. The number of thiazole rings is 1. The molecule has 4 rings (SSSR count). The largest absolute Gasteiger partial charge is 0.485 e. The van der Waals surface area contributed by atoms with Crippen molar-refractivity contribution in [1.29, 1.82) is 0 Å². The normalized spacial score (nSPS) is 11.1. The number of thioether (sulfide) groups is 1. The van der Waals surface area contributed by atoms with E-state index < -0.39 is 0 Å². The number of allylic oxidation sites excluding steroid dienone is 1. The zero-order valence-corrected chi connectivity index (χ0v) is 18.4. The van der Waals surface area contributed by atoms with Gasteiger partial charge in [-0.2, -0.15) is 0 Å². The third-order valence-corrected chi connectivity index (χ3v) is 6.25. The van der Waals surface area contributed by atoms with E-state index in [1.807, 2.05) is 29.0 Å². The summed E-state index contributed by atoms with van der Waals surface area (Å²) < 4.78 is 9.49. The lowest BCUT2D eigenvalue weighted by Crippen LogP contribution is -2.12. The molecule has 0 radical (unpaired) electrons. The summed E-state index contributed by atoms with van der Waals surface area (Å²) in [6.07, 6.45) is 3.53. The Bertz CT molecular complexity index is 1260. The van der Waals surface area contributed by atoms with Crippen LogP contribution in [0.4, 0.5) is 0 Å². The van der Waals surface area contributed by atoms with E-state index in [-0.39, 0.29) is 5.56 Å². The molecule has 4 aromatic rings. The van der Waals surface area contributed by atoms with E-state index in [0.29, 0.717) is 29.6 Å². The Hall–Kier alpha value is -2.91. The standard InChI is InChI=1S/C21H21N5O2S2/c1-4-7-25-18(12-28-17-6-5-14(2)10-15(17)3)23-24-21(25)30-13-16-11-19(27)26-8-9-29-20(26)22-16/h4-6,8-11H,1,7,12-13H2,2-3H3. The molecule has 0 atom stereocenters. The highest BCUT2D eigenvalue weighted by Crippen LogP contribution is 2.24. The first kappa shape index (κ1) is 20.4. The van der Waals surface area contributed by atoms with Gasteiger partial charge in [0.2, 0.25) is 0 Å². The minimum atomic E-state index is -0.0769. The van der Waals surface area contributed by atoms with Crippen LogP contribution >= 0.6 is 23.1 Å². The van der Waals surface area contributed by atoms with Gasteiger partial charge in [0.15, 0.2) is 15.9 Å². The van der Waals surface area contributed by atoms with E-state index in [1.54, 1.807) is 22.7 Å². The van der Waals surface area contributed by atoms with Crippen molar-refractivity contribution in [3.8, 4) is 5.75 Å². The summed E-state index contributed by atoms with van der Waals surface area (Å²) in [5, 5.41) is 11.2. The second-order valence-corrected chi connectivity index (χ2v) is 8.60. The lowest BCUT2D eigenvalue weighted by Gasteiger charge is -2.11. The maximum absolute atomic E-state index is 12.2.